The molecule has 0 saturated heterocycles. The summed E-state index contributed by atoms with van der Waals surface area (Å²) in [6, 6.07) is 7.11. The van der Waals surface area contributed by atoms with E-state index >= 15 is 0 Å². The van der Waals surface area contributed by atoms with Gasteiger partial charge in [-0.05, 0) is 37.1 Å². The number of carbonyl (C=O) groups excluding carboxylic acids is 1. The summed E-state index contributed by atoms with van der Waals surface area (Å²) in [6.45, 7) is 4.01. The first-order chi connectivity index (χ1) is 12.4. The standard InChI is InChI=1S/C19H19ClN2O4/c1-10-5-12-14(22-26-16(12)6-11(10)2)9-19(23)21-15-8-17(24-3)13(20)7-18(15)25-4/h5-8H,9H2,1-4H3,(H,21,23). The Morgan fingerprint density at radius 1 is 1.12 bits per heavy atom. The Kier molecular flexibility index (Phi) is 5.04. The van der Waals surface area contributed by atoms with E-state index in [4.69, 9.17) is 25.6 Å². The van der Waals surface area contributed by atoms with Crippen LogP contribution in [0.1, 0.15) is 16.8 Å². The Morgan fingerprint density at radius 3 is 2.50 bits per heavy atom. The lowest BCUT2D eigenvalue weighted by Crippen LogP contribution is -2.15. The van der Waals surface area contributed by atoms with Crippen molar-refractivity contribution >= 4 is 34.2 Å². The van der Waals surface area contributed by atoms with E-state index in [1.54, 1.807) is 12.1 Å². The van der Waals surface area contributed by atoms with Crippen molar-refractivity contribution in [3.8, 4) is 11.5 Å². The van der Waals surface area contributed by atoms with E-state index in [1.807, 2.05) is 26.0 Å². The molecule has 0 saturated carbocycles. The molecule has 1 amide bonds. The molecule has 1 N–H and O–H groups in total. The first kappa shape index (κ1) is 18.1. The van der Waals surface area contributed by atoms with Crippen molar-refractivity contribution in [1.82, 2.24) is 5.16 Å². The number of amides is 1. The lowest BCUT2D eigenvalue weighted by Gasteiger charge is -2.12. The molecule has 136 valence electrons. The fraction of sp³-hybridized carbons (Fsp3) is 0.263. The molecule has 7 heteroatoms. The molecule has 0 spiro atoms. The Balaban J connectivity index is 1.85. The largest absolute Gasteiger partial charge is 0.495 e. The fourth-order valence-electron chi connectivity index (χ4n) is 2.68. The molecule has 0 radical (unpaired) electrons. The van der Waals surface area contributed by atoms with E-state index in [9.17, 15) is 4.79 Å². The highest BCUT2D eigenvalue weighted by molar-refractivity contribution is 6.32. The highest BCUT2D eigenvalue weighted by atomic mass is 35.5. The van der Waals surface area contributed by atoms with Gasteiger partial charge in [0.05, 0.1) is 31.4 Å². The van der Waals surface area contributed by atoms with Gasteiger partial charge in [-0.25, -0.2) is 0 Å². The predicted molar refractivity (Wildman–Crippen MR) is 100 cm³/mol. The number of fused-ring (bicyclic) bond motifs is 1. The number of rotatable bonds is 5. The number of nitrogens with zero attached hydrogens (tertiary/aromatic N) is 1. The highest BCUT2D eigenvalue weighted by Gasteiger charge is 2.16. The third-order valence-corrected chi connectivity index (χ3v) is 4.53. The maximum absolute atomic E-state index is 12.5. The van der Waals surface area contributed by atoms with Crippen LogP contribution in [0.25, 0.3) is 11.0 Å². The third kappa shape index (κ3) is 3.46. The summed E-state index contributed by atoms with van der Waals surface area (Å²) >= 11 is 6.08. The number of hydrogen-bond donors (Lipinski definition) is 1. The fourth-order valence-corrected chi connectivity index (χ4v) is 2.91. The minimum absolute atomic E-state index is 0.0730. The summed E-state index contributed by atoms with van der Waals surface area (Å²) in [6.07, 6.45) is 0.0730. The first-order valence-electron chi connectivity index (χ1n) is 7.99. The Hall–Kier alpha value is -2.73. The molecule has 3 aromatic rings. The molecule has 0 aliphatic rings. The molecule has 0 atom stereocenters. The molecule has 6 nitrogen and oxygen atoms in total. The quantitative estimate of drug-likeness (QED) is 0.720. The molecule has 3 rings (SSSR count). The van der Waals surface area contributed by atoms with Gasteiger partial charge in [0.15, 0.2) is 5.58 Å². The number of aromatic nitrogens is 1. The molecule has 2 aromatic carbocycles. The smallest absolute Gasteiger partial charge is 0.230 e. The van der Waals surface area contributed by atoms with E-state index in [-0.39, 0.29) is 12.3 Å². The SMILES string of the molecule is COc1cc(NC(=O)Cc2noc3cc(C)c(C)cc23)c(OC)cc1Cl. The van der Waals surface area contributed by atoms with Crippen LogP contribution in [0.2, 0.25) is 5.02 Å². The second-order valence-corrected chi connectivity index (χ2v) is 6.38. The number of nitrogens with one attached hydrogen (secondary N) is 1. The van der Waals surface area contributed by atoms with Crippen LogP contribution in [0.3, 0.4) is 0 Å². The van der Waals surface area contributed by atoms with Gasteiger partial charge < -0.3 is 19.3 Å². The molecule has 0 aliphatic carbocycles. The van der Waals surface area contributed by atoms with Crippen molar-refractivity contribution in [3.63, 3.8) is 0 Å². The maximum atomic E-state index is 12.5. The lowest BCUT2D eigenvalue weighted by molar-refractivity contribution is -0.115. The number of methoxy groups -OCH3 is 2. The van der Waals surface area contributed by atoms with E-state index in [1.165, 1.54) is 14.2 Å². The minimum atomic E-state index is -0.249. The average molecular weight is 375 g/mol. The van der Waals surface area contributed by atoms with E-state index in [0.717, 1.165) is 16.5 Å². The van der Waals surface area contributed by atoms with Gasteiger partial charge in [-0.3, -0.25) is 4.79 Å². The Morgan fingerprint density at radius 2 is 1.81 bits per heavy atom. The minimum Gasteiger partial charge on any atom is -0.495 e. The van der Waals surface area contributed by atoms with Gasteiger partial charge in [0.1, 0.15) is 17.2 Å². The normalized spacial score (nSPS) is 10.8. The van der Waals surface area contributed by atoms with Crippen molar-refractivity contribution in [2.24, 2.45) is 0 Å². The van der Waals surface area contributed by atoms with Gasteiger partial charge >= 0.3 is 0 Å². The third-order valence-electron chi connectivity index (χ3n) is 4.24. The molecule has 0 unspecified atom stereocenters. The summed E-state index contributed by atoms with van der Waals surface area (Å²) < 4.78 is 15.8. The Bertz CT molecular complexity index is 981. The van der Waals surface area contributed by atoms with Gasteiger partial charge in [-0.15, -0.1) is 0 Å². The van der Waals surface area contributed by atoms with Gasteiger partial charge in [0.25, 0.3) is 0 Å². The second kappa shape index (κ2) is 7.25. The summed E-state index contributed by atoms with van der Waals surface area (Å²) in [4.78, 5) is 12.5. The molecular formula is C19H19ClN2O4. The van der Waals surface area contributed by atoms with Gasteiger partial charge in [-0.2, -0.15) is 0 Å². The van der Waals surface area contributed by atoms with Gasteiger partial charge in [0, 0.05) is 17.5 Å². The maximum Gasteiger partial charge on any atom is 0.230 e. The zero-order valence-corrected chi connectivity index (χ0v) is 15.7. The predicted octanol–water partition coefficient (Wildman–Crippen LogP) is 4.30. The van der Waals surface area contributed by atoms with Crippen LogP contribution in [0, 0.1) is 13.8 Å². The second-order valence-electron chi connectivity index (χ2n) is 5.97. The summed E-state index contributed by atoms with van der Waals surface area (Å²) in [5.41, 5.74) is 3.95. The van der Waals surface area contributed by atoms with Crippen LogP contribution in [0.5, 0.6) is 11.5 Å². The van der Waals surface area contributed by atoms with Crippen LogP contribution < -0.4 is 14.8 Å². The molecular weight excluding hydrogens is 356 g/mol. The first-order valence-corrected chi connectivity index (χ1v) is 8.37. The highest BCUT2D eigenvalue weighted by Crippen LogP contribution is 2.36. The van der Waals surface area contributed by atoms with Crippen molar-refractivity contribution in [2.75, 3.05) is 19.5 Å². The van der Waals surface area contributed by atoms with Crippen LogP contribution in [0.15, 0.2) is 28.8 Å². The van der Waals surface area contributed by atoms with Crippen LogP contribution in [-0.2, 0) is 11.2 Å². The van der Waals surface area contributed by atoms with E-state index < -0.39 is 0 Å². The number of benzene rings is 2. The molecule has 26 heavy (non-hydrogen) atoms. The number of anilines is 1. The summed E-state index contributed by atoms with van der Waals surface area (Å²) in [7, 11) is 3.01. The number of carbonyl (C=O) groups is 1. The van der Waals surface area contributed by atoms with Crippen molar-refractivity contribution in [1.29, 1.82) is 0 Å². The van der Waals surface area contributed by atoms with Gasteiger partial charge in [0.2, 0.25) is 5.91 Å². The van der Waals surface area contributed by atoms with Gasteiger partial charge in [-0.1, -0.05) is 16.8 Å². The molecule has 0 aliphatic heterocycles. The van der Waals surface area contributed by atoms with Crippen molar-refractivity contribution in [3.05, 3.63) is 46.1 Å². The van der Waals surface area contributed by atoms with Crippen LogP contribution in [-0.4, -0.2) is 25.3 Å². The van der Waals surface area contributed by atoms with Crippen molar-refractivity contribution < 1.29 is 18.8 Å². The zero-order valence-electron chi connectivity index (χ0n) is 15.0. The topological polar surface area (TPSA) is 73.6 Å². The summed E-state index contributed by atoms with van der Waals surface area (Å²) in [5.74, 6) is 0.641. The van der Waals surface area contributed by atoms with Crippen LogP contribution in [0.4, 0.5) is 5.69 Å². The molecule has 0 bridgehead atoms. The van der Waals surface area contributed by atoms with Crippen molar-refractivity contribution in [2.45, 2.75) is 20.3 Å². The molecule has 0 fully saturated rings. The summed E-state index contributed by atoms with van der Waals surface area (Å²) in [5, 5.41) is 8.08. The number of halogens is 1. The number of ether oxygens (including phenoxy) is 2. The lowest BCUT2D eigenvalue weighted by atomic mass is 10.1. The number of aryl methyl sites for hydroxylation is 2. The van der Waals surface area contributed by atoms with E-state index in [2.05, 4.69) is 10.5 Å². The average Bonchev–Trinajstić information content (AvgIpc) is 2.98. The van der Waals surface area contributed by atoms with E-state index in [0.29, 0.717) is 33.5 Å². The number of hydrogen-bond acceptors (Lipinski definition) is 5. The molecule has 1 heterocycles. The Labute approximate surface area is 156 Å². The van der Waals surface area contributed by atoms with Crippen LogP contribution >= 0.6 is 11.6 Å². The molecule has 1 aromatic heterocycles. The zero-order chi connectivity index (χ0) is 18.8. The monoisotopic (exact) mass is 374 g/mol.